The Bertz CT molecular complexity index is 1480. The number of aromatic nitrogens is 5. The molecule has 1 atom stereocenters. The first-order valence-corrected chi connectivity index (χ1v) is 10.4. The summed E-state index contributed by atoms with van der Waals surface area (Å²) < 4.78 is 18.9. The minimum atomic E-state index is -0.477. The molecule has 9 heteroatoms. The number of carbonyl (C=O) groups excluding carboxylic acids is 1. The number of oxazole rings is 1. The second kappa shape index (κ2) is 7.63. The summed E-state index contributed by atoms with van der Waals surface area (Å²) in [4.78, 5) is 35.7. The van der Waals surface area contributed by atoms with E-state index in [1.807, 2.05) is 30.3 Å². The highest BCUT2D eigenvalue weighted by molar-refractivity contribution is 5.92. The fourth-order valence-electron chi connectivity index (χ4n) is 4.18. The average Bonchev–Trinajstić information content (AvgIpc) is 3.53. The Hall–Kier alpha value is -4.40. The van der Waals surface area contributed by atoms with Gasteiger partial charge in [-0.05, 0) is 23.6 Å². The number of nitrogens with zero attached hydrogens (tertiary/aromatic N) is 5. The van der Waals surface area contributed by atoms with Gasteiger partial charge in [-0.2, -0.15) is 0 Å². The van der Waals surface area contributed by atoms with Crippen LogP contribution in [0.2, 0.25) is 0 Å². The number of nitrogens with one attached hydrogen (secondary N) is 1. The minimum absolute atomic E-state index is 0.0703. The number of fused-ring (bicyclic) bond motifs is 2. The van der Waals surface area contributed by atoms with Gasteiger partial charge in [0.15, 0.2) is 0 Å². The largest absolute Gasteiger partial charge is 0.429 e. The third kappa shape index (κ3) is 3.34. The predicted molar refractivity (Wildman–Crippen MR) is 117 cm³/mol. The highest BCUT2D eigenvalue weighted by Crippen LogP contribution is 2.35. The molecule has 0 radical (unpaired) electrons. The van der Waals surface area contributed by atoms with Crippen LogP contribution in [0, 0.1) is 5.82 Å². The molecule has 1 N–H and O–H groups in total. The molecule has 5 heterocycles. The lowest BCUT2D eigenvalue weighted by Gasteiger charge is -2.34. The zero-order valence-electron chi connectivity index (χ0n) is 17.3. The Balaban J connectivity index is 1.39. The van der Waals surface area contributed by atoms with Crippen molar-refractivity contribution in [3.63, 3.8) is 0 Å². The van der Waals surface area contributed by atoms with Gasteiger partial charge in [0.2, 0.25) is 11.7 Å². The summed E-state index contributed by atoms with van der Waals surface area (Å²) >= 11 is 0. The molecular weight excluding hydrogens is 423 g/mol. The molecule has 1 aliphatic heterocycles. The molecule has 6 rings (SSSR count). The zero-order valence-corrected chi connectivity index (χ0v) is 17.3. The van der Waals surface area contributed by atoms with Crippen LogP contribution in [0.3, 0.4) is 0 Å². The molecule has 5 aromatic rings. The molecular formula is C24H17FN6O2. The lowest BCUT2D eigenvalue weighted by atomic mass is 9.97. The van der Waals surface area contributed by atoms with Gasteiger partial charge in [-0.1, -0.05) is 24.3 Å². The Morgan fingerprint density at radius 1 is 1.03 bits per heavy atom. The Labute approximate surface area is 187 Å². The number of rotatable bonds is 3. The van der Waals surface area contributed by atoms with Crippen LogP contribution in [0.1, 0.15) is 33.7 Å². The van der Waals surface area contributed by atoms with E-state index in [4.69, 9.17) is 4.42 Å². The molecule has 8 nitrogen and oxygen atoms in total. The van der Waals surface area contributed by atoms with Crippen LogP contribution >= 0.6 is 0 Å². The Morgan fingerprint density at radius 2 is 1.91 bits per heavy atom. The van der Waals surface area contributed by atoms with E-state index in [0.29, 0.717) is 18.7 Å². The molecule has 0 spiro atoms. The van der Waals surface area contributed by atoms with Crippen LogP contribution in [-0.4, -0.2) is 42.3 Å². The van der Waals surface area contributed by atoms with Crippen LogP contribution in [0.5, 0.6) is 0 Å². The summed E-state index contributed by atoms with van der Waals surface area (Å²) in [5.41, 5.74) is 2.80. The van der Waals surface area contributed by atoms with E-state index < -0.39 is 11.9 Å². The standard InChI is InChI=1S/C24H17FN6O2/c25-16-5-6-18(27-11-16)23-28-12-20(33-23)24(32)31-8-7-17-21(30-13-29-17)22(31)19-9-14-3-1-2-4-15(14)10-26-19/h1-6,9-13,22H,7-8H2,(H,29,30)/t22-/m1/s1. The van der Waals surface area contributed by atoms with Crippen molar-refractivity contribution < 1.29 is 13.6 Å². The van der Waals surface area contributed by atoms with Crippen molar-refractivity contribution in [1.82, 2.24) is 29.8 Å². The second-order valence-electron chi connectivity index (χ2n) is 7.77. The third-order valence-electron chi connectivity index (χ3n) is 5.78. The van der Waals surface area contributed by atoms with Crippen molar-refractivity contribution in [2.75, 3.05) is 6.54 Å². The molecule has 4 aromatic heterocycles. The first-order valence-electron chi connectivity index (χ1n) is 10.4. The van der Waals surface area contributed by atoms with Crippen LogP contribution < -0.4 is 0 Å². The fourth-order valence-corrected chi connectivity index (χ4v) is 4.18. The van der Waals surface area contributed by atoms with E-state index in [0.717, 1.165) is 34.1 Å². The first kappa shape index (κ1) is 19.3. The molecule has 1 amide bonds. The summed E-state index contributed by atoms with van der Waals surface area (Å²) in [7, 11) is 0. The Morgan fingerprint density at radius 3 is 2.76 bits per heavy atom. The van der Waals surface area contributed by atoms with Crippen molar-refractivity contribution in [3.8, 4) is 11.6 Å². The highest BCUT2D eigenvalue weighted by Gasteiger charge is 2.36. The number of benzene rings is 1. The smallest absolute Gasteiger partial charge is 0.292 e. The summed E-state index contributed by atoms with van der Waals surface area (Å²) in [6.07, 6.45) is 6.52. The Kier molecular flexibility index (Phi) is 4.46. The van der Waals surface area contributed by atoms with Crippen LogP contribution in [0.25, 0.3) is 22.4 Å². The number of pyridine rings is 2. The number of aromatic amines is 1. The third-order valence-corrected chi connectivity index (χ3v) is 5.78. The quantitative estimate of drug-likeness (QED) is 0.456. The molecule has 0 fully saturated rings. The van der Waals surface area contributed by atoms with Crippen LogP contribution in [0.15, 0.2) is 71.8 Å². The first-order chi connectivity index (χ1) is 16.2. The molecule has 1 aromatic carbocycles. The molecule has 0 unspecified atom stereocenters. The number of H-pyrrole nitrogens is 1. The average molecular weight is 440 g/mol. The molecule has 0 bridgehead atoms. The molecule has 162 valence electrons. The maximum absolute atomic E-state index is 13.5. The predicted octanol–water partition coefficient (Wildman–Crippen LogP) is 3.93. The van der Waals surface area contributed by atoms with E-state index in [2.05, 4.69) is 24.9 Å². The lowest BCUT2D eigenvalue weighted by molar-refractivity contribution is 0.0655. The van der Waals surface area contributed by atoms with E-state index in [1.54, 1.807) is 17.4 Å². The number of hydrogen-bond acceptors (Lipinski definition) is 6. The van der Waals surface area contributed by atoms with Crippen LogP contribution in [0.4, 0.5) is 4.39 Å². The maximum atomic E-state index is 13.5. The summed E-state index contributed by atoms with van der Waals surface area (Å²) in [6, 6.07) is 12.2. The topological polar surface area (TPSA) is 101 Å². The number of halogens is 1. The summed E-state index contributed by atoms with van der Waals surface area (Å²) in [6.45, 7) is 0.456. The van der Waals surface area contributed by atoms with Gasteiger partial charge in [-0.15, -0.1) is 0 Å². The lowest BCUT2D eigenvalue weighted by Crippen LogP contribution is -2.41. The SMILES string of the molecule is O=C(c1cnc(-c2ccc(F)cn2)o1)N1CCc2[nH]cnc2[C@H]1c1cc2ccccc2cn1. The van der Waals surface area contributed by atoms with Gasteiger partial charge in [0, 0.05) is 30.2 Å². The molecule has 0 aliphatic carbocycles. The number of imidazole rings is 1. The summed E-state index contributed by atoms with van der Waals surface area (Å²) in [5.74, 6) is -0.572. The van der Waals surface area contributed by atoms with Crippen molar-refractivity contribution in [3.05, 3.63) is 96.0 Å². The van der Waals surface area contributed by atoms with Crippen molar-refractivity contribution in [2.45, 2.75) is 12.5 Å². The number of hydrogen-bond donors (Lipinski definition) is 1. The monoisotopic (exact) mass is 440 g/mol. The zero-order chi connectivity index (χ0) is 22.4. The van der Waals surface area contributed by atoms with E-state index in [-0.39, 0.29) is 17.6 Å². The molecule has 0 saturated carbocycles. The van der Waals surface area contributed by atoms with Crippen molar-refractivity contribution in [1.29, 1.82) is 0 Å². The van der Waals surface area contributed by atoms with Crippen LogP contribution in [-0.2, 0) is 6.42 Å². The molecule has 0 saturated heterocycles. The summed E-state index contributed by atoms with van der Waals surface area (Å²) in [5, 5.41) is 2.05. The van der Waals surface area contributed by atoms with Gasteiger partial charge in [0.05, 0.1) is 30.1 Å². The van der Waals surface area contributed by atoms with Gasteiger partial charge in [0.25, 0.3) is 5.91 Å². The number of amides is 1. The van der Waals surface area contributed by atoms with Crippen molar-refractivity contribution in [2.24, 2.45) is 0 Å². The normalized spacial score (nSPS) is 15.5. The van der Waals surface area contributed by atoms with Gasteiger partial charge >= 0.3 is 0 Å². The van der Waals surface area contributed by atoms with E-state index in [9.17, 15) is 9.18 Å². The molecule has 33 heavy (non-hydrogen) atoms. The minimum Gasteiger partial charge on any atom is -0.429 e. The second-order valence-corrected chi connectivity index (χ2v) is 7.77. The maximum Gasteiger partial charge on any atom is 0.292 e. The fraction of sp³-hybridized carbons (Fsp3) is 0.125. The van der Waals surface area contributed by atoms with Gasteiger partial charge in [0.1, 0.15) is 17.6 Å². The van der Waals surface area contributed by atoms with Gasteiger partial charge in [-0.25, -0.2) is 19.3 Å². The number of carbonyl (C=O) groups is 1. The highest BCUT2D eigenvalue weighted by atomic mass is 19.1. The van der Waals surface area contributed by atoms with Gasteiger partial charge < -0.3 is 14.3 Å². The molecule has 1 aliphatic rings. The van der Waals surface area contributed by atoms with Gasteiger partial charge in [-0.3, -0.25) is 9.78 Å². The van der Waals surface area contributed by atoms with Crippen molar-refractivity contribution >= 4 is 16.7 Å². The van der Waals surface area contributed by atoms with E-state index in [1.165, 1.54) is 18.3 Å². The van der Waals surface area contributed by atoms with E-state index >= 15 is 0 Å².